The third kappa shape index (κ3) is 3.44. The minimum Gasteiger partial charge on any atom is -0.483 e. The van der Waals surface area contributed by atoms with Crippen LogP contribution in [0.25, 0.3) is 11.4 Å². The second-order valence-corrected chi connectivity index (χ2v) is 4.01. The molecule has 0 radical (unpaired) electrons. The average Bonchev–Trinajstić information content (AvgIpc) is 2.89. The Morgan fingerprint density at radius 2 is 2.30 bits per heavy atom. The number of para-hydroxylation sites is 1. The van der Waals surface area contributed by atoms with Crippen molar-refractivity contribution in [3.63, 3.8) is 0 Å². The molecule has 2 aromatic rings. The van der Waals surface area contributed by atoms with E-state index in [1.165, 1.54) is 0 Å². The number of rotatable bonds is 6. The molecular weight excluding hydrogens is 258 g/mol. The van der Waals surface area contributed by atoms with Crippen molar-refractivity contribution >= 4 is 5.91 Å². The smallest absolute Gasteiger partial charge is 0.258 e. The topological polar surface area (TPSA) is 77.2 Å². The molecule has 1 aromatic heterocycles. The second kappa shape index (κ2) is 6.51. The summed E-state index contributed by atoms with van der Waals surface area (Å²) in [4.78, 5) is 15.6. The Kier molecular flexibility index (Phi) is 4.49. The molecule has 1 N–H and O–H groups in total. The van der Waals surface area contributed by atoms with Gasteiger partial charge in [0.1, 0.15) is 5.75 Å². The molecule has 1 aromatic carbocycles. The van der Waals surface area contributed by atoms with E-state index in [0.29, 0.717) is 29.6 Å². The van der Waals surface area contributed by atoms with Gasteiger partial charge in [-0.1, -0.05) is 23.4 Å². The molecule has 0 aliphatic carbocycles. The van der Waals surface area contributed by atoms with Gasteiger partial charge in [0.2, 0.25) is 11.7 Å². The second-order valence-electron chi connectivity index (χ2n) is 4.01. The summed E-state index contributed by atoms with van der Waals surface area (Å²) in [6, 6.07) is 7.21. The standard InChI is InChI=1S/C14H15N3O3/c1-3-8-15-13(18)9-19-12-7-5-4-6-11(12)14-16-10(2)20-17-14/h3-7H,1,8-9H2,2H3,(H,15,18). The van der Waals surface area contributed by atoms with Crippen LogP contribution in [0.5, 0.6) is 5.75 Å². The number of hydrogen-bond acceptors (Lipinski definition) is 5. The first-order valence-corrected chi connectivity index (χ1v) is 6.11. The number of benzene rings is 1. The van der Waals surface area contributed by atoms with Crippen LogP contribution in [0.1, 0.15) is 5.89 Å². The van der Waals surface area contributed by atoms with Crippen molar-refractivity contribution in [3.8, 4) is 17.1 Å². The fourth-order valence-corrected chi connectivity index (χ4v) is 1.57. The highest BCUT2D eigenvalue weighted by atomic mass is 16.5. The Morgan fingerprint density at radius 1 is 1.50 bits per heavy atom. The van der Waals surface area contributed by atoms with Crippen LogP contribution in [0, 0.1) is 6.92 Å². The quantitative estimate of drug-likeness (QED) is 0.811. The molecule has 0 saturated heterocycles. The largest absolute Gasteiger partial charge is 0.483 e. The first kappa shape index (κ1) is 13.8. The van der Waals surface area contributed by atoms with Crippen molar-refractivity contribution in [2.24, 2.45) is 0 Å². The zero-order valence-electron chi connectivity index (χ0n) is 11.1. The van der Waals surface area contributed by atoms with Crippen LogP contribution in [0.2, 0.25) is 0 Å². The summed E-state index contributed by atoms with van der Waals surface area (Å²) < 4.78 is 10.4. The van der Waals surface area contributed by atoms with E-state index in [1.54, 1.807) is 25.1 Å². The molecule has 0 fully saturated rings. The Bertz CT molecular complexity index is 607. The number of aromatic nitrogens is 2. The number of carbonyl (C=O) groups excluding carboxylic acids is 1. The fourth-order valence-electron chi connectivity index (χ4n) is 1.57. The molecule has 2 rings (SSSR count). The van der Waals surface area contributed by atoms with Crippen molar-refractivity contribution in [3.05, 3.63) is 42.8 Å². The maximum atomic E-state index is 11.5. The molecule has 0 aliphatic heterocycles. The molecular formula is C14H15N3O3. The van der Waals surface area contributed by atoms with Crippen molar-refractivity contribution in [1.82, 2.24) is 15.5 Å². The normalized spacial score (nSPS) is 10.1. The lowest BCUT2D eigenvalue weighted by Gasteiger charge is -2.08. The molecule has 104 valence electrons. The zero-order valence-corrected chi connectivity index (χ0v) is 11.1. The van der Waals surface area contributed by atoms with Gasteiger partial charge >= 0.3 is 0 Å². The number of carbonyl (C=O) groups is 1. The van der Waals surface area contributed by atoms with E-state index in [0.717, 1.165) is 0 Å². The zero-order chi connectivity index (χ0) is 14.4. The van der Waals surface area contributed by atoms with Crippen LogP contribution in [0.3, 0.4) is 0 Å². The highest BCUT2D eigenvalue weighted by Crippen LogP contribution is 2.27. The van der Waals surface area contributed by atoms with Gasteiger partial charge in [0.05, 0.1) is 5.56 Å². The van der Waals surface area contributed by atoms with Gasteiger partial charge in [-0.3, -0.25) is 4.79 Å². The Labute approximate surface area is 116 Å². The van der Waals surface area contributed by atoms with E-state index in [-0.39, 0.29) is 12.5 Å². The summed E-state index contributed by atoms with van der Waals surface area (Å²) in [5, 5.41) is 6.48. The summed E-state index contributed by atoms with van der Waals surface area (Å²) in [6.07, 6.45) is 1.61. The van der Waals surface area contributed by atoms with Gasteiger partial charge in [0, 0.05) is 13.5 Å². The molecule has 1 heterocycles. The van der Waals surface area contributed by atoms with Crippen LogP contribution < -0.4 is 10.1 Å². The molecule has 20 heavy (non-hydrogen) atoms. The molecule has 1 amide bonds. The van der Waals surface area contributed by atoms with Crippen LogP contribution in [0.15, 0.2) is 41.4 Å². The van der Waals surface area contributed by atoms with E-state index >= 15 is 0 Å². The summed E-state index contributed by atoms with van der Waals surface area (Å²) in [5.41, 5.74) is 0.681. The van der Waals surface area contributed by atoms with Gasteiger partial charge in [-0.25, -0.2) is 0 Å². The summed E-state index contributed by atoms with van der Waals surface area (Å²) in [7, 11) is 0. The number of ether oxygens (including phenoxy) is 1. The fraction of sp³-hybridized carbons (Fsp3) is 0.214. The van der Waals surface area contributed by atoms with Crippen molar-refractivity contribution in [2.45, 2.75) is 6.92 Å². The molecule has 0 aliphatic rings. The summed E-state index contributed by atoms with van der Waals surface area (Å²) in [5.74, 6) is 1.22. The number of nitrogens with zero attached hydrogens (tertiary/aromatic N) is 2. The SMILES string of the molecule is C=CCNC(=O)COc1ccccc1-c1noc(C)n1. The maximum absolute atomic E-state index is 11.5. The lowest BCUT2D eigenvalue weighted by atomic mass is 10.2. The van der Waals surface area contributed by atoms with E-state index in [2.05, 4.69) is 22.0 Å². The lowest BCUT2D eigenvalue weighted by Crippen LogP contribution is -2.28. The van der Waals surface area contributed by atoms with Gasteiger partial charge in [-0.05, 0) is 12.1 Å². The first-order valence-electron chi connectivity index (χ1n) is 6.11. The minimum atomic E-state index is -0.219. The van der Waals surface area contributed by atoms with Gasteiger partial charge in [-0.2, -0.15) is 4.98 Å². The maximum Gasteiger partial charge on any atom is 0.258 e. The minimum absolute atomic E-state index is 0.0817. The number of nitrogens with one attached hydrogen (secondary N) is 1. The van der Waals surface area contributed by atoms with Crippen molar-refractivity contribution < 1.29 is 14.1 Å². The first-order chi connectivity index (χ1) is 9.70. The average molecular weight is 273 g/mol. The Balaban J connectivity index is 2.08. The molecule has 6 heteroatoms. The molecule has 6 nitrogen and oxygen atoms in total. The number of hydrogen-bond donors (Lipinski definition) is 1. The van der Waals surface area contributed by atoms with Gasteiger partial charge in [0.25, 0.3) is 5.91 Å². The van der Waals surface area contributed by atoms with E-state index in [1.807, 2.05) is 12.1 Å². The third-order valence-corrected chi connectivity index (χ3v) is 2.46. The van der Waals surface area contributed by atoms with Crippen molar-refractivity contribution in [2.75, 3.05) is 13.2 Å². The Hall–Kier alpha value is -2.63. The van der Waals surface area contributed by atoms with Gasteiger partial charge in [0.15, 0.2) is 6.61 Å². The third-order valence-electron chi connectivity index (χ3n) is 2.46. The van der Waals surface area contributed by atoms with Crippen LogP contribution in [-0.2, 0) is 4.79 Å². The number of aryl methyl sites for hydroxylation is 1. The van der Waals surface area contributed by atoms with Crippen molar-refractivity contribution in [1.29, 1.82) is 0 Å². The lowest BCUT2D eigenvalue weighted by molar-refractivity contribution is -0.122. The predicted molar refractivity (Wildman–Crippen MR) is 73.2 cm³/mol. The van der Waals surface area contributed by atoms with Gasteiger partial charge < -0.3 is 14.6 Å². The van der Waals surface area contributed by atoms with Gasteiger partial charge in [-0.15, -0.1) is 6.58 Å². The van der Waals surface area contributed by atoms with Crippen LogP contribution >= 0.6 is 0 Å². The van der Waals surface area contributed by atoms with Crippen LogP contribution in [-0.4, -0.2) is 29.2 Å². The summed E-state index contributed by atoms with van der Waals surface area (Å²) in [6.45, 7) is 5.56. The molecule has 0 saturated carbocycles. The summed E-state index contributed by atoms with van der Waals surface area (Å²) >= 11 is 0. The monoisotopic (exact) mass is 273 g/mol. The predicted octanol–water partition coefficient (Wildman–Crippen LogP) is 1.73. The van der Waals surface area contributed by atoms with E-state index < -0.39 is 0 Å². The molecule has 0 unspecified atom stereocenters. The van der Waals surface area contributed by atoms with E-state index in [4.69, 9.17) is 9.26 Å². The van der Waals surface area contributed by atoms with E-state index in [9.17, 15) is 4.79 Å². The Morgan fingerprint density at radius 3 is 3.00 bits per heavy atom. The number of amides is 1. The highest BCUT2D eigenvalue weighted by Gasteiger charge is 2.12. The molecule has 0 spiro atoms. The van der Waals surface area contributed by atoms with Crippen LogP contribution in [0.4, 0.5) is 0 Å². The molecule has 0 bridgehead atoms. The highest BCUT2D eigenvalue weighted by molar-refractivity contribution is 5.78. The molecule has 0 atom stereocenters.